The van der Waals surface area contributed by atoms with E-state index in [1.807, 2.05) is 0 Å². The van der Waals surface area contributed by atoms with Crippen molar-refractivity contribution in [1.82, 2.24) is 0 Å². The lowest BCUT2D eigenvalue weighted by Crippen LogP contribution is -2.47. The molecule has 1 aliphatic rings. The molecule has 0 saturated carbocycles. The van der Waals surface area contributed by atoms with E-state index in [4.69, 9.17) is 27.3 Å². The topological polar surface area (TPSA) is 85.2 Å². The number of rotatable bonds is 5. The van der Waals surface area contributed by atoms with Crippen LogP contribution in [0.3, 0.4) is 0 Å². The van der Waals surface area contributed by atoms with Crippen molar-refractivity contribution in [3.8, 4) is 0 Å². The molecule has 2 radical (unpaired) electrons. The lowest BCUT2D eigenvalue weighted by molar-refractivity contribution is -0.118. The lowest BCUT2D eigenvalue weighted by Gasteiger charge is -2.27. The van der Waals surface area contributed by atoms with Gasteiger partial charge in [-0.1, -0.05) is 0 Å². The molecule has 0 bridgehead atoms. The maximum atomic E-state index is 11.0. The van der Waals surface area contributed by atoms with Crippen molar-refractivity contribution in [3.05, 3.63) is 0 Å². The van der Waals surface area contributed by atoms with Crippen LogP contribution in [0.2, 0.25) is 0 Å². The summed E-state index contributed by atoms with van der Waals surface area (Å²) in [6.07, 6.45) is -0.503. The summed E-state index contributed by atoms with van der Waals surface area (Å²) in [4.78, 5) is 0. The van der Waals surface area contributed by atoms with E-state index in [9.17, 15) is 4.57 Å². The van der Waals surface area contributed by atoms with E-state index in [0.717, 1.165) is 0 Å². The summed E-state index contributed by atoms with van der Waals surface area (Å²) < 4.78 is 25.7. The molecule has 0 spiro atoms. The van der Waals surface area contributed by atoms with Gasteiger partial charge in [-0.05, 0) is 6.42 Å². The quantitative estimate of drug-likeness (QED) is 0.484. The fourth-order valence-corrected chi connectivity index (χ4v) is 2.04. The van der Waals surface area contributed by atoms with Crippen LogP contribution in [-0.4, -0.2) is 56.1 Å². The SMILES string of the molecule is [B]C1CC(O[P+](=O)OC)C(CO)(CO)O1. The molecule has 0 aromatic rings. The number of hydrogen-bond acceptors (Lipinski definition) is 6. The Bertz CT molecular complexity index is 234. The summed E-state index contributed by atoms with van der Waals surface area (Å²) in [6.45, 7) is -0.927. The largest absolute Gasteiger partial charge is 0.697 e. The third-order valence-corrected chi connectivity index (χ3v) is 3.04. The highest BCUT2D eigenvalue weighted by molar-refractivity contribution is 7.33. The van der Waals surface area contributed by atoms with Crippen LogP contribution in [0.4, 0.5) is 0 Å². The smallest absolute Gasteiger partial charge is 0.393 e. The molecule has 0 aromatic heterocycles. The second-order valence-corrected chi connectivity index (χ2v) is 4.30. The zero-order chi connectivity index (χ0) is 11.5. The minimum absolute atomic E-state index is 0.242. The second kappa shape index (κ2) is 5.34. The van der Waals surface area contributed by atoms with E-state index >= 15 is 0 Å². The Morgan fingerprint density at radius 1 is 1.60 bits per heavy atom. The van der Waals surface area contributed by atoms with E-state index in [1.54, 1.807) is 0 Å². The molecule has 1 heterocycles. The molecule has 0 amide bonds. The highest BCUT2D eigenvalue weighted by atomic mass is 31.1. The minimum atomic E-state index is -2.29. The summed E-state index contributed by atoms with van der Waals surface area (Å²) in [5.74, 6) is 0. The van der Waals surface area contributed by atoms with E-state index < -0.39 is 39.2 Å². The number of aliphatic hydroxyl groups excluding tert-OH is 2. The predicted molar refractivity (Wildman–Crippen MR) is 51.6 cm³/mol. The van der Waals surface area contributed by atoms with Gasteiger partial charge in [-0.2, -0.15) is 0 Å². The Balaban J connectivity index is 2.71. The average Bonchev–Trinajstić information content (AvgIpc) is 2.55. The molecular formula is C7H13BO6P+. The van der Waals surface area contributed by atoms with Gasteiger partial charge in [0.05, 0.1) is 20.3 Å². The molecule has 1 rings (SSSR count). The van der Waals surface area contributed by atoms with Gasteiger partial charge < -0.3 is 14.9 Å². The van der Waals surface area contributed by atoms with E-state index in [1.165, 1.54) is 7.11 Å². The van der Waals surface area contributed by atoms with Crippen LogP contribution in [-0.2, 0) is 18.3 Å². The molecule has 3 atom stereocenters. The third-order valence-electron chi connectivity index (χ3n) is 2.32. The first-order valence-corrected chi connectivity index (χ1v) is 5.51. The zero-order valence-corrected chi connectivity index (χ0v) is 9.22. The van der Waals surface area contributed by atoms with E-state index in [0.29, 0.717) is 0 Å². The molecule has 0 aromatic carbocycles. The first-order valence-electron chi connectivity index (χ1n) is 4.41. The van der Waals surface area contributed by atoms with Crippen molar-refractivity contribution in [2.45, 2.75) is 24.1 Å². The molecule has 2 N–H and O–H groups in total. The molecule has 8 heteroatoms. The summed E-state index contributed by atoms with van der Waals surface area (Å²) in [5, 5.41) is 18.3. The Morgan fingerprint density at radius 3 is 2.67 bits per heavy atom. The monoisotopic (exact) mass is 235 g/mol. The Kier molecular flexibility index (Phi) is 4.64. The van der Waals surface area contributed by atoms with Gasteiger partial charge in [0.15, 0.2) is 6.10 Å². The summed E-state index contributed by atoms with van der Waals surface area (Å²) in [7, 11) is 4.45. The van der Waals surface area contributed by atoms with Crippen molar-refractivity contribution in [2.24, 2.45) is 0 Å². The van der Waals surface area contributed by atoms with Crippen LogP contribution >= 0.6 is 8.25 Å². The number of aliphatic hydroxyl groups is 2. The second-order valence-electron chi connectivity index (χ2n) is 3.27. The van der Waals surface area contributed by atoms with Crippen LogP contribution in [0.15, 0.2) is 0 Å². The Hall–Kier alpha value is -0.0351. The van der Waals surface area contributed by atoms with Crippen molar-refractivity contribution in [3.63, 3.8) is 0 Å². The molecule has 1 saturated heterocycles. The first kappa shape index (κ1) is 13.0. The minimum Gasteiger partial charge on any atom is -0.393 e. The molecule has 1 aliphatic heterocycles. The van der Waals surface area contributed by atoms with Crippen LogP contribution in [0.1, 0.15) is 6.42 Å². The maximum absolute atomic E-state index is 11.0. The number of hydrogen-bond donors (Lipinski definition) is 2. The van der Waals surface area contributed by atoms with Gasteiger partial charge >= 0.3 is 8.25 Å². The predicted octanol–water partition coefficient (Wildman–Crippen LogP) is -0.686. The molecule has 1 fully saturated rings. The van der Waals surface area contributed by atoms with Gasteiger partial charge in [0.1, 0.15) is 13.4 Å². The van der Waals surface area contributed by atoms with E-state index in [-0.39, 0.29) is 6.42 Å². The van der Waals surface area contributed by atoms with Crippen LogP contribution in [0.25, 0.3) is 0 Å². The van der Waals surface area contributed by atoms with Crippen molar-refractivity contribution >= 4 is 16.1 Å². The molecule has 3 unspecified atom stereocenters. The zero-order valence-electron chi connectivity index (χ0n) is 8.33. The van der Waals surface area contributed by atoms with Crippen LogP contribution in [0.5, 0.6) is 0 Å². The standard InChI is InChI=1S/C7H13BO6P/c1-12-15(11)14-5-2-6(8)13-7(5,3-9)4-10/h5-6,9-10H,2-4H2,1H3/q+1. The average molecular weight is 235 g/mol. The van der Waals surface area contributed by atoms with Gasteiger partial charge in [-0.15, -0.1) is 9.05 Å². The first-order chi connectivity index (χ1) is 7.07. The van der Waals surface area contributed by atoms with Gasteiger partial charge in [0.25, 0.3) is 0 Å². The fourth-order valence-electron chi connectivity index (χ4n) is 1.47. The maximum Gasteiger partial charge on any atom is 0.697 e. The van der Waals surface area contributed by atoms with Gasteiger partial charge in [-0.3, -0.25) is 0 Å². The molecule has 0 aliphatic carbocycles. The van der Waals surface area contributed by atoms with Crippen molar-refractivity contribution in [1.29, 1.82) is 0 Å². The van der Waals surface area contributed by atoms with Crippen molar-refractivity contribution in [2.75, 3.05) is 20.3 Å². The Labute approximate surface area is 89.9 Å². The van der Waals surface area contributed by atoms with Crippen LogP contribution < -0.4 is 0 Å². The van der Waals surface area contributed by atoms with Crippen LogP contribution in [0, 0.1) is 0 Å². The molecular weight excluding hydrogens is 222 g/mol. The van der Waals surface area contributed by atoms with Gasteiger partial charge in [-0.25, -0.2) is 0 Å². The summed E-state index contributed by atoms with van der Waals surface area (Å²) in [6, 6.07) is -0.658. The van der Waals surface area contributed by atoms with Gasteiger partial charge in [0.2, 0.25) is 0 Å². The van der Waals surface area contributed by atoms with E-state index in [2.05, 4.69) is 4.52 Å². The normalized spacial score (nSPS) is 30.5. The number of ether oxygens (including phenoxy) is 1. The van der Waals surface area contributed by atoms with Gasteiger partial charge in [0, 0.05) is 10.6 Å². The molecule has 84 valence electrons. The highest BCUT2D eigenvalue weighted by Crippen LogP contribution is 2.38. The Morgan fingerprint density at radius 2 is 2.20 bits per heavy atom. The molecule has 6 nitrogen and oxygen atoms in total. The summed E-state index contributed by atoms with van der Waals surface area (Å²) in [5.41, 5.74) is -1.30. The third kappa shape index (κ3) is 2.75. The van der Waals surface area contributed by atoms with Crippen molar-refractivity contribution < 1.29 is 28.6 Å². The summed E-state index contributed by atoms with van der Waals surface area (Å²) >= 11 is 0. The lowest BCUT2D eigenvalue weighted by atomic mass is 9.93. The fraction of sp³-hybridized carbons (Fsp3) is 1.00. The highest BCUT2D eigenvalue weighted by Gasteiger charge is 2.51. The molecule has 15 heavy (non-hydrogen) atoms.